The van der Waals surface area contributed by atoms with E-state index in [-0.39, 0.29) is 0 Å². The van der Waals surface area contributed by atoms with Crippen molar-refractivity contribution in [1.29, 1.82) is 0 Å². The number of piperidine rings is 1. The Morgan fingerprint density at radius 2 is 2.17 bits per heavy atom. The lowest BCUT2D eigenvalue weighted by molar-refractivity contribution is 0.482. The molecule has 0 saturated carbocycles. The Bertz CT molecular complexity index is 570. The molecule has 94 valence electrons. The molecule has 0 radical (unpaired) electrons. The number of aromatic nitrogens is 2. The van der Waals surface area contributed by atoms with Gasteiger partial charge in [0.2, 0.25) is 0 Å². The first-order valence-corrected chi connectivity index (χ1v) is 7.22. The van der Waals surface area contributed by atoms with Gasteiger partial charge in [-0.1, -0.05) is 15.9 Å². The van der Waals surface area contributed by atoms with E-state index in [9.17, 15) is 0 Å². The number of nitrogens with zero attached hydrogens (tertiary/aromatic N) is 3. The van der Waals surface area contributed by atoms with Gasteiger partial charge in [-0.3, -0.25) is 0 Å². The standard InChI is InChI=1S/C14H16BrN3/c1-10-4-2-3-7-18(10)14-12-8-11(15)5-6-13(12)16-9-17-14/h5-6,8-10H,2-4,7H2,1H3. The number of halogens is 1. The minimum Gasteiger partial charge on any atom is -0.353 e. The van der Waals surface area contributed by atoms with Crippen LogP contribution in [0.3, 0.4) is 0 Å². The maximum atomic E-state index is 4.52. The number of hydrogen-bond donors (Lipinski definition) is 0. The monoisotopic (exact) mass is 305 g/mol. The molecule has 4 heteroatoms. The molecule has 0 bridgehead atoms. The van der Waals surface area contributed by atoms with Gasteiger partial charge < -0.3 is 4.90 Å². The van der Waals surface area contributed by atoms with Gasteiger partial charge in [0.05, 0.1) is 5.52 Å². The third-order valence-corrected chi connectivity index (χ3v) is 4.14. The van der Waals surface area contributed by atoms with Gasteiger partial charge in [-0.05, 0) is 44.4 Å². The van der Waals surface area contributed by atoms with Crippen molar-refractivity contribution in [2.45, 2.75) is 32.2 Å². The van der Waals surface area contributed by atoms with E-state index in [2.05, 4.69) is 43.8 Å². The highest BCUT2D eigenvalue weighted by Crippen LogP contribution is 2.30. The number of benzene rings is 1. The summed E-state index contributed by atoms with van der Waals surface area (Å²) in [5, 5.41) is 1.14. The van der Waals surface area contributed by atoms with Gasteiger partial charge >= 0.3 is 0 Å². The van der Waals surface area contributed by atoms with Crippen molar-refractivity contribution in [3.8, 4) is 0 Å². The quantitative estimate of drug-likeness (QED) is 0.803. The molecule has 1 saturated heterocycles. The van der Waals surface area contributed by atoms with Crippen molar-refractivity contribution in [2.75, 3.05) is 11.4 Å². The zero-order valence-electron chi connectivity index (χ0n) is 10.4. The lowest BCUT2D eigenvalue weighted by atomic mass is 10.0. The van der Waals surface area contributed by atoms with Crippen LogP contribution in [0.25, 0.3) is 10.9 Å². The van der Waals surface area contributed by atoms with E-state index in [0.717, 1.165) is 27.7 Å². The largest absolute Gasteiger partial charge is 0.353 e. The highest BCUT2D eigenvalue weighted by molar-refractivity contribution is 9.10. The predicted molar refractivity (Wildman–Crippen MR) is 77.9 cm³/mol. The van der Waals surface area contributed by atoms with Crippen molar-refractivity contribution in [1.82, 2.24) is 9.97 Å². The van der Waals surface area contributed by atoms with E-state index >= 15 is 0 Å². The summed E-state index contributed by atoms with van der Waals surface area (Å²) in [6.07, 6.45) is 5.50. The van der Waals surface area contributed by atoms with Gasteiger partial charge in [0.1, 0.15) is 12.1 Å². The SMILES string of the molecule is CC1CCCCN1c1ncnc2ccc(Br)cc12. The van der Waals surface area contributed by atoms with Crippen LogP contribution in [0.5, 0.6) is 0 Å². The normalized spacial score (nSPS) is 20.3. The van der Waals surface area contributed by atoms with E-state index in [1.54, 1.807) is 6.33 Å². The molecule has 3 rings (SSSR count). The van der Waals surface area contributed by atoms with E-state index in [1.165, 1.54) is 19.3 Å². The van der Waals surface area contributed by atoms with Crippen LogP contribution in [-0.2, 0) is 0 Å². The second-order valence-electron chi connectivity index (χ2n) is 4.90. The maximum absolute atomic E-state index is 4.52. The minimum absolute atomic E-state index is 0.566. The van der Waals surface area contributed by atoms with Crippen LogP contribution in [0, 0.1) is 0 Å². The van der Waals surface area contributed by atoms with Crippen molar-refractivity contribution in [3.05, 3.63) is 29.0 Å². The highest BCUT2D eigenvalue weighted by Gasteiger charge is 2.21. The summed E-state index contributed by atoms with van der Waals surface area (Å²) in [6, 6.07) is 6.75. The molecule has 1 atom stereocenters. The fraction of sp³-hybridized carbons (Fsp3) is 0.429. The summed E-state index contributed by atoms with van der Waals surface area (Å²) < 4.78 is 1.08. The van der Waals surface area contributed by atoms with Crippen molar-refractivity contribution < 1.29 is 0 Å². The smallest absolute Gasteiger partial charge is 0.140 e. The first-order chi connectivity index (χ1) is 8.75. The van der Waals surface area contributed by atoms with Gasteiger partial charge in [-0.15, -0.1) is 0 Å². The Morgan fingerprint density at radius 1 is 1.28 bits per heavy atom. The first-order valence-electron chi connectivity index (χ1n) is 6.42. The Morgan fingerprint density at radius 3 is 3.00 bits per heavy atom. The van der Waals surface area contributed by atoms with Crippen LogP contribution in [0.2, 0.25) is 0 Å². The Kier molecular flexibility index (Phi) is 3.20. The molecule has 0 N–H and O–H groups in total. The molecule has 1 aromatic heterocycles. The Labute approximate surface area is 115 Å². The average molecular weight is 306 g/mol. The molecule has 2 aromatic rings. The summed E-state index contributed by atoms with van der Waals surface area (Å²) in [7, 11) is 0. The van der Waals surface area contributed by atoms with Gasteiger partial charge in [0, 0.05) is 22.4 Å². The molecule has 1 aromatic carbocycles. The maximum Gasteiger partial charge on any atom is 0.140 e. The van der Waals surface area contributed by atoms with Crippen LogP contribution in [-0.4, -0.2) is 22.6 Å². The lowest BCUT2D eigenvalue weighted by Crippen LogP contribution is -2.38. The molecular weight excluding hydrogens is 290 g/mol. The summed E-state index contributed by atoms with van der Waals surface area (Å²) in [5.41, 5.74) is 1.01. The molecule has 1 fully saturated rings. The minimum atomic E-state index is 0.566. The molecule has 1 aliphatic heterocycles. The predicted octanol–water partition coefficient (Wildman–Crippen LogP) is 3.77. The molecule has 2 heterocycles. The summed E-state index contributed by atoms with van der Waals surface area (Å²) in [4.78, 5) is 11.3. The second-order valence-corrected chi connectivity index (χ2v) is 5.81. The fourth-order valence-electron chi connectivity index (χ4n) is 2.66. The summed E-state index contributed by atoms with van der Waals surface area (Å²) in [6.45, 7) is 3.38. The molecule has 18 heavy (non-hydrogen) atoms. The first kappa shape index (κ1) is 11.9. The van der Waals surface area contributed by atoms with Gasteiger partial charge in [-0.25, -0.2) is 9.97 Å². The Hall–Kier alpha value is -1.16. The van der Waals surface area contributed by atoms with Crippen LogP contribution < -0.4 is 4.90 Å². The van der Waals surface area contributed by atoms with E-state index in [4.69, 9.17) is 0 Å². The molecule has 1 unspecified atom stereocenters. The summed E-state index contributed by atoms with van der Waals surface area (Å²) >= 11 is 3.53. The van der Waals surface area contributed by atoms with E-state index in [0.29, 0.717) is 6.04 Å². The van der Waals surface area contributed by atoms with Crippen LogP contribution in [0.15, 0.2) is 29.0 Å². The third-order valence-electron chi connectivity index (χ3n) is 3.65. The zero-order chi connectivity index (χ0) is 12.5. The number of anilines is 1. The molecule has 0 amide bonds. The van der Waals surface area contributed by atoms with Gasteiger partial charge in [0.25, 0.3) is 0 Å². The molecule has 3 nitrogen and oxygen atoms in total. The lowest BCUT2D eigenvalue weighted by Gasteiger charge is -2.34. The van der Waals surface area contributed by atoms with Gasteiger partial charge in [-0.2, -0.15) is 0 Å². The molecule has 0 spiro atoms. The number of fused-ring (bicyclic) bond motifs is 1. The Balaban J connectivity index is 2.12. The van der Waals surface area contributed by atoms with Crippen LogP contribution in [0.1, 0.15) is 26.2 Å². The fourth-order valence-corrected chi connectivity index (χ4v) is 3.02. The van der Waals surface area contributed by atoms with Gasteiger partial charge in [0.15, 0.2) is 0 Å². The molecule has 1 aliphatic rings. The van der Waals surface area contributed by atoms with Crippen LogP contribution in [0.4, 0.5) is 5.82 Å². The summed E-state index contributed by atoms with van der Waals surface area (Å²) in [5.74, 6) is 1.08. The third kappa shape index (κ3) is 2.09. The second kappa shape index (κ2) is 4.84. The molecule has 0 aliphatic carbocycles. The topological polar surface area (TPSA) is 29.0 Å². The van der Waals surface area contributed by atoms with Crippen molar-refractivity contribution in [3.63, 3.8) is 0 Å². The average Bonchev–Trinajstić information content (AvgIpc) is 2.39. The number of rotatable bonds is 1. The van der Waals surface area contributed by atoms with E-state index in [1.807, 2.05) is 12.1 Å². The molecular formula is C14H16BrN3. The zero-order valence-corrected chi connectivity index (χ0v) is 12.0. The highest BCUT2D eigenvalue weighted by atomic mass is 79.9. The number of hydrogen-bond acceptors (Lipinski definition) is 3. The van der Waals surface area contributed by atoms with Crippen molar-refractivity contribution in [2.24, 2.45) is 0 Å². The van der Waals surface area contributed by atoms with E-state index < -0.39 is 0 Å². The van der Waals surface area contributed by atoms with Crippen LogP contribution >= 0.6 is 15.9 Å². The van der Waals surface area contributed by atoms with Crippen molar-refractivity contribution >= 4 is 32.7 Å².